The summed E-state index contributed by atoms with van der Waals surface area (Å²) in [5, 5.41) is 3.08. The highest BCUT2D eigenvalue weighted by Gasteiger charge is 2.09. The highest BCUT2D eigenvalue weighted by Crippen LogP contribution is 2.17. The predicted molar refractivity (Wildman–Crippen MR) is 71.5 cm³/mol. The number of aromatic nitrogens is 2. The molecule has 0 amide bonds. The summed E-state index contributed by atoms with van der Waals surface area (Å²) in [6, 6.07) is 4.97. The maximum Gasteiger partial charge on any atom is 0.175 e. The Labute approximate surface area is 107 Å². The van der Waals surface area contributed by atoms with Gasteiger partial charge in [-0.2, -0.15) is 0 Å². The van der Waals surface area contributed by atoms with Gasteiger partial charge in [-0.25, -0.2) is 13.4 Å². The van der Waals surface area contributed by atoms with Gasteiger partial charge < -0.3 is 10.3 Å². The van der Waals surface area contributed by atoms with Crippen LogP contribution in [0.5, 0.6) is 0 Å². The number of rotatable bonds is 5. The Balaban J connectivity index is 2.28. The molecule has 6 heteroatoms. The van der Waals surface area contributed by atoms with E-state index in [9.17, 15) is 8.42 Å². The minimum atomic E-state index is -3.16. The van der Waals surface area contributed by atoms with E-state index in [1.807, 2.05) is 7.05 Å². The fourth-order valence-electron chi connectivity index (χ4n) is 1.82. The molecule has 0 fully saturated rings. The van der Waals surface area contributed by atoms with Gasteiger partial charge in [0.1, 0.15) is 5.82 Å². The average molecular weight is 267 g/mol. The molecule has 0 aliphatic carbocycles. The molecule has 18 heavy (non-hydrogen) atoms. The normalized spacial score (nSPS) is 12.1. The fourth-order valence-corrected chi connectivity index (χ4v) is 2.47. The molecule has 2 N–H and O–H groups in total. The van der Waals surface area contributed by atoms with E-state index in [1.165, 1.54) is 6.26 Å². The second kappa shape index (κ2) is 5.07. The number of fused-ring (bicyclic) bond motifs is 1. The summed E-state index contributed by atoms with van der Waals surface area (Å²) in [6.45, 7) is 0.936. The second-order valence-electron chi connectivity index (χ2n) is 4.34. The zero-order chi connectivity index (χ0) is 13.2. The van der Waals surface area contributed by atoms with E-state index in [0.29, 0.717) is 4.90 Å². The maximum atomic E-state index is 11.5. The number of aryl methyl sites for hydroxylation is 1. The van der Waals surface area contributed by atoms with E-state index in [4.69, 9.17) is 0 Å². The molecular formula is C12H17N3O2S. The Morgan fingerprint density at radius 3 is 2.83 bits per heavy atom. The van der Waals surface area contributed by atoms with Gasteiger partial charge in [0.25, 0.3) is 0 Å². The van der Waals surface area contributed by atoms with Gasteiger partial charge in [-0.3, -0.25) is 0 Å². The molecule has 0 unspecified atom stereocenters. The second-order valence-corrected chi connectivity index (χ2v) is 6.36. The molecule has 0 radical (unpaired) electrons. The minimum Gasteiger partial charge on any atom is -0.342 e. The number of imidazole rings is 1. The van der Waals surface area contributed by atoms with Crippen LogP contribution in [0.2, 0.25) is 0 Å². The van der Waals surface area contributed by atoms with Gasteiger partial charge in [0.2, 0.25) is 0 Å². The summed E-state index contributed by atoms with van der Waals surface area (Å²) in [7, 11) is -1.25. The van der Waals surface area contributed by atoms with Crippen molar-refractivity contribution in [2.45, 2.75) is 17.7 Å². The number of hydrogen-bond acceptors (Lipinski definition) is 4. The van der Waals surface area contributed by atoms with Gasteiger partial charge in [-0.1, -0.05) is 0 Å². The molecule has 0 saturated heterocycles. The van der Waals surface area contributed by atoms with Crippen molar-refractivity contribution in [1.29, 1.82) is 0 Å². The standard InChI is InChI=1S/C12H17N3O2S/c1-13-7-3-4-12-14-10-6-5-9(18(2,16)17)8-11(10)15-12/h5-6,8,13H,3-4,7H2,1-2H3,(H,14,15). The number of nitrogens with zero attached hydrogens (tertiary/aromatic N) is 1. The van der Waals surface area contributed by atoms with E-state index >= 15 is 0 Å². The quantitative estimate of drug-likeness (QED) is 0.796. The summed E-state index contributed by atoms with van der Waals surface area (Å²) in [5.41, 5.74) is 1.58. The zero-order valence-corrected chi connectivity index (χ0v) is 11.3. The average Bonchev–Trinajstić information content (AvgIpc) is 2.69. The molecule has 98 valence electrons. The van der Waals surface area contributed by atoms with Crippen LogP contribution in [0, 0.1) is 0 Å². The number of sulfone groups is 1. The van der Waals surface area contributed by atoms with Crippen LogP contribution in [0.3, 0.4) is 0 Å². The largest absolute Gasteiger partial charge is 0.342 e. The molecule has 1 heterocycles. The van der Waals surface area contributed by atoms with E-state index in [2.05, 4.69) is 15.3 Å². The van der Waals surface area contributed by atoms with Crippen molar-refractivity contribution in [3.8, 4) is 0 Å². The predicted octanol–water partition coefficient (Wildman–Crippen LogP) is 1.12. The van der Waals surface area contributed by atoms with Crippen LogP contribution in [0.1, 0.15) is 12.2 Å². The Bertz CT molecular complexity index is 646. The lowest BCUT2D eigenvalue weighted by molar-refractivity contribution is 0.602. The summed E-state index contributed by atoms with van der Waals surface area (Å²) in [4.78, 5) is 7.91. The maximum absolute atomic E-state index is 11.5. The molecule has 0 aliphatic rings. The number of nitrogens with one attached hydrogen (secondary N) is 2. The van der Waals surface area contributed by atoms with Crippen molar-refractivity contribution in [3.63, 3.8) is 0 Å². The smallest absolute Gasteiger partial charge is 0.175 e. The SMILES string of the molecule is CNCCCc1nc2ccc(S(C)(=O)=O)cc2[nH]1. The van der Waals surface area contributed by atoms with Crippen LogP contribution in [0.4, 0.5) is 0 Å². The monoisotopic (exact) mass is 267 g/mol. The van der Waals surface area contributed by atoms with Crippen molar-refractivity contribution in [3.05, 3.63) is 24.0 Å². The van der Waals surface area contributed by atoms with E-state index in [0.717, 1.165) is 36.2 Å². The molecule has 0 spiro atoms. The zero-order valence-electron chi connectivity index (χ0n) is 10.5. The van der Waals surface area contributed by atoms with Crippen LogP contribution in [-0.4, -0.2) is 38.2 Å². The lowest BCUT2D eigenvalue weighted by Gasteiger charge is -1.96. The fraction of sp³-hybridized carbons (Fsp3) is 0.417. The van der Waals surface area contributed by atoms with E-state index in [1.54, 1.807) is 18.2 Å². The molecule has 0 saturated carbocycles. The Hall–Kier alpha value is -1.40. The number of benzene rings is 1. The molecule has 1 aromatic carbocycles. The van der Waals surface area contributed by atoms with Gasteiger partial charge in [0.15, 0.2) is 9.84 Å². The highest BCUT2D eigenvalue weighted by atomic mass is 32.2. The molecular weight excluding hydrogens is 250 g/mol. The first kappa shape index (κ1) is 13.0. The summed E-state index contributed by atoms with van der Waals surface area (Å²) in [5.74, 6) is 0.894. The van der Waals surface area contributed by atoms with Gasteiger partial charge in [0, 0.05) is 12.7 Å². The van der Waals surface area contributed by atoms with Crippen LogP contribution in [-0.2, 0) is 16.3 Å². The number of H-pyrrole nitrogens is 1. The number of hydrogen-bond donors (Lipinski definition) is 2. The Kier molecular flexibility index (Phi) is 3.68. The van der Waals surface area contributed by atoms with Crippen molar-refractivity contribution < 1.29 is 8.42 Å². The van der Waals surface area contributed by atoms with Crippen molar-refractivity contribution in [1.82, 2.24) is 15.3 Å². The molecule has 0 atom stereocenters. The molecule has 5 nitrogen and oxygen atoms in total. The highest BCUT2D eigenvalue weighted by molar-refractivity contribution is 7.90. The van der Waals surface area contributed by atoms with Gasteiger partial charge >= 0.3 is 0 Å². The van der Waals surface area contributed by atoms with Gasteiger partial charge in [0.05, 0.1) is 15.9 Å². The first-order valence-electron chi connectivity index (χ1n) is 5.84. The number of aromatic amines is 1. The molecule has 2 aromatic rings. The van der Waals surface area contributed by atoms with E-state index in [-0.39, 0.29) is 0 Å². The van der Waals surface area contributed by atoms with Crippen molar-refractivity contribution >= 4 is 20.9 Å². The summed E-state index contributed by atoms with van der Waals surface area (Å²) >= 11 is 0. The van der Waals surface area contributed by atoms with Crippen molar-refractivity contribution in [2.24, 2.45) is 0 Å². The molecule has 0 aliphatic heterocycles. The van der Waals surface area contributed by atoms with Gasteiger partial charge in [-0.15, -0.1) is 0 Å². The summed E-state index contributed by atoms with van der Waals surface area (Å²) < 4.78 is 22.9. The van der Waals surface area contributed by atoms with Crippen molar-refractivity contribution in [2.75, 3.05) is 19.8 Å². The lowest BCUT2D eigenvalue weighted by Crippen LogP contribution is -2.08. The minimum absolute atomic E-state index is 0.320. The third-order valence-corrected chi connectivity index (χ3v) is 3.88. The Morgan fingerprint density at radius 2 is 2.17 bits per heavy atom. The van der Waals surface area contributed by atoms with Crippen LogP contribution < -0.4 is 5.32 Å². The third-order valence-electron chi connectivity index (χ3n) is 2.77. The first-order chi connectivity index (χ1) is 8.50. The molecule has 2 rings (SSSR count). The molecule has 1 aromatic heterocycles. The molecule has 0 bridgehead atoms. The first-order valence-corrected chi connectivity index (χ1v) is 7.73. The topological polar surface area (TPSA) is 74.8 Å². The Morgan fingerprint density at radius 1 is 1.39 bits per heavy atom. The van der Waals surface area contributed by atoms with Gasteiger partial charge in [-0.05, 0) is 38.2 Å². The van der Waals surface area contributed by atoms with E-state index < -0.39 is 9.84 Å². The lowest BCUT2D eigenvalue weighted by atomic mass is 10.3. The summed E-state index contributed by atoms with van der Waals surface area (Å²) in [6.07, 6.45) is 3.05. The third kappa shape index (κ3) is 2.88. The van der Waals surface area contributed by atoms with Crippen LogP contribution >= 0.6 is 0 Å². The van der Waals surface area contributed by atoms with Crippen LogP contribution in [0.25, 0.3) is 11.0 Å². The van der Waals surface area contributed by atoms with Crippen LogP contribution in [0.15, 0.2) is 23.1 Å².